The molecule has 0 aromatic rings. The van der Waals surface area contributed by atoms with E-state index in [1.165, 1.54) is 128 Å². The maximum Gasteiger partial charge on any atom is 0.472 e. The zero-order chi connectivity index (χ0) is 48.8. The molecule has 9 nitrogen and oxygen atoms in total. The van der Waals surface area contributed by atoms with E-state index in [2.05, 4.69) is 98.9 Å². The van der Waals surface area contributed by atoms with Crippen molar-refractivity contribution in [2.24, 2.45) is 5.73 Å². The highest BCUT2D eigenvalue weighted by Crippen LogP contribution is 2.43. The summed E-state index contributed by atoms with van der Waals surface area (Å²) in [6.07, 6.45) is 67.8. The maximum atomic E-state index is 12.6. The Morgan fingerprint density at radius 2 is 0.821 bits per heavy atom. The second-order valence-electron chi connectivity index (χ2n) is 17.7. The lowest BCUT2D eigenvalue weighted by Crippen LogP contribution is -2.29. The molecule has 0 aliphatic heterocycles. The number of rotatable bonds is 50. The largest absolute Gasteiger partial charge is 0.472 e. The highest BCUT2D eigenvalue weighted by atomic mass is 31.2. The van der Waals surface area contributed by atoms with Crippen molar-refractivity contribution in [3.63, 3.8) is 0 Å². The third-order valence-corrected chi connectivity index (χ3v) is 12.2. The Labute approximate surface area is 411 Å². The molecular formula is C57H100NO8P. The molecule has 0 saturated carbocycles. The summed E-state index contributed by atoms with van der Waals surface area (Å²) in [5.74, 6) is -0.879. The lowest BCUT2D eigenvalue weighted by Gasteiger charge is -2.19. The minimum absolute atomic E-state index is 0.0424. The van der Waals surface area contributed by atoms with E-state index >= 15 is 0 Å². The van der Waals surface area contributed by atoms with Crippen LogP contribution in [0.25, 0.3) is 0 Å². The van der Waals surface area contributed by atoms with E-state index in [1.54, 1.807) is 0 Å². The average molecular weight is 958 g/mol. The van der Waals surface area contributed by atoms with E-state index in [0.717, 1.165) is 70.6 Å². The van der Waals surface area contributed by atoms with Gasteiger partial charge in [-0.3, -0.25) is 18.6 Å². The Balaban J connectivity index is 4.08. The van der Waals surface area contributed by atoms with Gasteiger partial charge in [0, 0.05) is 19.4 Å². The number of phosphoric ester groups is 1. The minimum Gasteiger partial charge on any atom is -0.462 e. The standard InChI is InChI=1S/C57H100NO8P/c1-3-5-7-9-11-13-15-17-19-21-23-25-26-27-28-30-31-33-35-37-39-41-43-45-47-49-56(59)63-53-55(54-65-67(61,62)64-52-51-58)66-57(60)50-48-46-44-42-40-38-36-34-32-29-24-22-20-18-16-14-12-10-8-6-4-2/h6,8,12,14,18,20-21,23-24,29,34,36,40,42,55H,3-5,7,9-11,13,15-17,19,22,25-28,30-33,35,37-39,41,43-54,58H2,1-2H3,(H,61,62)/b8-6-,14-12-,20-18-,23-21-,29-24-,36-34-,42-40-. The summed E-state index contributed by atoms with van der Waals surface area (Å²) in [6, 6.07) is 0. The molecule has 67 heavy (non-hydrogen) atoms. The average Bonchev–Trinajstić information content (AvgIpc) is 3.32. The number of ether oxygens (including phenoxy) is 2. The molecule has 0 aliphatic rings. The first-order valence-corrected chi connectivity index (χ1v) is 28.6. The summed E-state index contributed by atoms with van der Waals surface area (Å²) >= 11 is 0. The fourth-order valence-corrected chi connectivity index (χ4v) is 8.05. The second kappa shape index (κ2) is 52.6. The summed E-state index contributed by atoms with van der Waals surface area (Å²) in [4.78, 5) is 35.1. The van der Waals surface area contributed by atoms with Crippen molar-refractivity contribution >= 4 is 19.8 Å². The lowest BCUT2D eigenvalue weighted by molar-refractivity contribution is -0.161. The zero-order valence-corrected chi connectivity index (χ0v) is 43.8. The molecule has 3 N–H and O–H groups in total. The first-order valence-electron chi connectivity index (χ1n) is 27.1. The molecule has 0 heterocycles. The molecule has 0 spiro atoms. The minimum atomic E-state index is -4.40. The molecule has 0 radical (unpaired) electrons. The number of allylic oxidation sites excluding steroid dienone is 14. The SMILES string of the molecule is CC/C=C\C/C=C\C/C=C\C/C=C\C/C=C\C/C=C\CCCCC(=O)OC(COC(=O)CCCCCCCCCCCCCCC/C=C\CCCCCCCCCC)COP(=O)(O)OCCN. The van der Waals surface area contributed by atoms with Crippen LogP contribution >= 0.6 is 7.82 Å². The van der Waals surface area contributed by atoms with Crippen molar-refractivity contribution in [2.45, 2.75) is 238 Å². The molecule has 0 bridgehead atoms. The molecule has 0 aromatic heterocycles. The topological polar surface area (TPSA) is 134 Å². The van der Waals surface area contributed by atoms with Crippen LogP contribution in [0.15, 0.2) is 85.1 Å². The normalized spacial score (nSPS) is 13.8. The number of carbonyl (C=O) groups excluding carboxylic acids is 2. The summed E-state index contributed by atoms with van der Waals surface area (Å²) in [6.45, 7) is 3.58. The molecule has 386 valence electrons. The fraction of sp³-hybridized carbons (Fsp3) is 0.719. The highest BCUT2D eigenvalue weighted by molar-refractivity contribution is 7.47. The summed E-state index contributed by atoms with van der Waals surface area (Å²) in [5, 5.41) is 0. The Kier molecular flexibility index (Phi) is 50.4. The van der Waals surface area contributed by atoms with Gasteiger partial charge in [-0.2, -0.15) is 0 Å². The Morgan fingerprint density at radius 3 is 1.27 bits per heavy atom. The Morgan fingerprint density at radius 1 is 0.463 bits per heavy atom. The van der Waals surface area contributed by atoms with Crippen molar-refractivity contribution in [1.29, 1.82) is 0 Å². The molecular weight excluding hydrogens is 858 g/mol. The lowest BCUT2D eigenvalue weighted by atomic mass is 10.0. The van der Waals surface area contributed by atoms with E-state index in [1.807, 2.05) is 0 Å². The summed E-state index contributed by atoms with van der Waals surface area (Å²) in [5.41, 5.74) is 5.37. The van der Waals surface area contributed by atoms with Crippen LogP contribution in [0.5, 0.6) is 0 Å². The van der Waals surface area contributed by atoms with Crippen LogP contribution in [0.4, 0.5) is 0 Å². The van der Waals surface area contributed by atoms with Crippen LogP contribution in [-0.4, -0.2) is 49.3 Å². The predicted molar refractivity (Wildman–Crippen MR) is 284 cm³/mol. The smallest absolute Gasteiger partial charge is 0.462 e. The van der Waals surface area contributed by atoms with Crippen LogP contribution in [0.3, 0.4) is 0 Å². The number of nitrogens with two attached hydrogens (primary N) is 1. The van der Waals surface area contributed by atoms with Gasteiger partial charge in [-0.15, -0.1) is 0 Å². The van der Waals surface area contributed by atoms with Crippen molar-refractivity contribution in [3.8, 4) is 0 Å². The molecule has 0 amide bonds. The molecule has 0 fully saturated rings. The van der Waals surface area contributed by atoms with Crippen LogP contribution in [0.1, 0.15) is 232 Å². The zero-order valence-electron chi connectivity index (χ0n) is 42.9. The van der Waals surface area contributed by atoms with E-state index in [4.69, 9.17) is 24.3 Å². The number of phosphoric acid groups is 1. The van der Waals surface area contributed by atoms with Gasteiger partial charge in [-0.05, 0) is 89.9 Å². The molecule has 0 aromatic carbocycles. The van der Waals surface area contributed by atoms with Crippen LogP contribution in [-0.2, 0) is 32.7 Å². The molecule has 0 saturated heterocycles. The van der Waals surface area contributed by atoms with E-state index in [-0.39, 0.29) is 32.6 Å². The van der Waals surface area contributed by atoms with Crippen molar-refractivity contribution in [1.82, 2.24) is 0 Å². The quantitative estimate of drug-likeness (QED) is 0.0264. The van der Waals surface area contributed by atoms with E-state index in [9.17, 15) is 19.0 Å². The van der Waals surface area contributed by atoms with Gasteiger partial charge in [0.2, 0.25) is 0 Å². The molecule has 10 heteroatoms. The maximum absolute atomic E-state index is 12.6. The van der Waals surface area contributed by atoms with Crippen LogP contribution in [0.2, 0.25) is 0 Å². The number of esters is 2. The van der Waals surface area contributed by atoms with Crippen molar-refractivity contribution < 1.29 is 37.6 Å². The third kappa shape index (κ3) is 52.4. The predicted octanol–water partition coefficient (Wildman–Crippen LogP) is 16.7. The summed E-state index contributed by atoms with van der Waals surface area (Å²) < 4.78 is 32.9. The van der Waals surface area contributed by atoms with Gasteiger partial charge in [0.1, 0.15) is 6.61 Å². The van der Waals surface area contributed by atoms with Gasteiger partial charge < -0.3 is 20.1 Å². The first kappa shape index (κ1) is 64.2. The number of unbranched alkanes of at least 4 members (excludes halogenated alkanes) is 23. The summed E-state index contributed by atoms with van der Waals surface area (Å²) in [7, 11) is -4.40. The van der Waals surface area contributed by atoms with Gasteiger partial charge in [-0.25, -0.2) is 4.57 Å². The number of carbonyl (C=O) groups is 2. The van der Waals surface area contributed by atoms with Gasteiger partial charge in [0.25, 0.3) is 0 Å². The van der Waals surface area contributed by atoms with E-state index in [0.29, 0.717) is 6.42 Å². The number of hydrogen-bond donors (Lipinski definition) is 2. The van der Waals surface area contributed by atoms with Crippen LogP contribution in [0, 0.1) is 0 Å². The molecule has 2 unspecified atom stereocenters. The van der Waals surface area contributed by atoms with Gasteiger partial charge in [0.05, 0.1) is 13.2 Å². The van der Waals surface area contributed by atoms with Crippen LogP contribution < -0.4 is 5.73 Å². The molecule has 2 atom stereocenters. The first-order chi connectivity index (χ1) is 32.8. The molecule has 0 rings (SSSR count). The van der Waals surface area contributed by atoms with E-state index < -0.39 is 32.5 Å². The van der Waals surface area contributed by atoms with Gasteiger partial charge >= 0.3 is 19.8 Å². The Hall–Kier alpha value is -2.81. The third-order valence-electron chi connectivity index (χ3n) is 11.3. The van der Waals surface area contributed by atoms with Crippen molar-refractivity contribution in [2.75, 3.05) is 26.4 Å². The second-order valence-corrected chi connectivity index (χ2v) is 19.2. The number of hydrogen-bond acceptors (Lipinski definition) is 8. The molecule has 0 aliphatic carbocycles. The van der Waals surface area contributed by atoms with Gasteiger partial charge in [-0.1, -0.05) is 214 Å². The van der Waals surface area contributed by atoms with Crippen molar-refractivity contribution in [3.05, 3.63) is 85.1 Å². The monoisotopic (exact) mass is 958 g/mol. The Bertz CT molecular complexity index is 1370. The fourth-order valence-electron chi connectivity index (χ4n) is 7.28. The van der Waals surface area contributed by atoms with Gasteiger partial charge in [0.15, 0.2) is 6.10 Å². The highest BCUT2D eigenvalue weighted by Gasteiger charge is 2.26.